The summed E-state index contributed by atoms with van der Waals surface area (Å²) in [5, 5.41) is 13.8. The number of aromatic nitrogens is 3. The Labute approximate surface area is 236 Å². The number of para-hydroxylation sites is 2. The number of rotatable bonds is 2. The second kappa shape index (κ2) is 7.92. The Balaban J connectivity index is 1.18. The molecule has 4 heteroatoms. The molecule has 0 N–H and O–H groups in total. The topological polar surface area (TPSA) is 43.3 Å². The third kappa shape index (κ3) is 3.05. The van der Waals surface area contributed by atoms with Crippen molar-refractivity contribution < 1.29 is 4.42 Å². The molecule has 0 saturated carbocycles. The van der Waals surface area contributed by atoms with Crippen LogP contribution < -0.4 is 0 Å². The Bertz CT molecular complexity index is 2350. The van der Waals surface area contributed by atoms with Gasteiger partial charge < -0.3 is 4.42 Å². The summed E-state index contributed by atoms with van der Waals surface area (Å²) in [6.45, 7) is 4.64. The Kier molecular flexibility index (Phi) is 4.36. The summed E-state index contributed by atoms with van der Waals surface area (Å²) < 4.78 is 8.48. The molecule has 0 unspecified atom stereocenters. The van der Waals surface area contributed by atoms with Crippen molar-refractivity contribution >= 4 is 38.4 Å². The van der Waals surface area contributed by atoms with Crippen molar-refractivity contribution in [2.45, 2.75) is 19.3 Å². The molecule has 3 heterocycles. The van der Waals surface area contributed by atoms with E-state index in [1.54, 1.807) is 0 Å². The van der Waals surface area contributed by atoms with Gasteiger partial charge in [-0.15, -0.1) is 10.2 Å². The molecule has 0 atom stereocenters. The molecule has 3 aromatic heterocycles. The SMILES string of the molecule is CC1(C)c2cc(-c3cccc4c3oc3ccccc34)ccc2-c2ccc(-c3nnc4c5ccccc5ccn34)cc21. The Hall–Kier alpha value is -5.22. The van der Waals surface area contributed by atoms with Gasteiger partial charge in [0.1, 0.15) is 11.2 Å². The van der Waals surface area contributed by atoms with Gasteiger partial charge in [0.15, 0.2) is 11.5 Å². The van der Waals surface area contributed by atoms with E-state index >= 15 is 0 Å². The number of hydrogen-bond acceptors (Lipinski definition) is 3. The van der Waals surface area contributed by atoms with Crippen LogP contribution in [-0.2, 0) is 5.41 Å². The number of fused-ring (bicyclic) bond motifs is 9. The summed E-state index contributed by atoms with van der Waals surface area (Å²) in [5.41, 5.74) is 11.1. The molecule has 0 radical (unpaired) electrons. The minimum atomic E-state index is -0.175. The minimum Gasteiger partial charge on any atom is -0.455 e. The molecule has 1 aliphatic carbocycles. The monoisotopic (exact) mass is 527 g/mol. The van der Waals surface area contributed by atoms with Crippen molar-refractivity contribution in [1.29, 1.82) is 0 Å². The molecule has 0 saturated heterocycles. The fourth-order valence-corrected chi connectivity index (χ4v) is 6.83. The predicted molar refractivity (Wildman–Crippen MR) is 166 cm³/mol. The van der Waals surface area contributed by atoms with Gasteiger partial charge in [0.2, 0.25) is 0 Å². The largest absolute Gasteiger partial charge is 0.455 e. The Morgan fingerprint density at radius 1 is 0.610 bits per heavy atom. The number of pyridine rings is 1. The van der Waals surface area contributed by atoms with Crippen LogP contribution in [-0.4, -0.2) is 14.6 Å². The molecular formula is C37H25N3O. The van der Waals surface area contributed by atoms with Crippen molar-refractivity contribution in [3.8, 4) is 33.6 Å². The van der Waals surface area contributed by atoms with E-state index in [0.29, 0.717) is 0 Å². The molecule has 0 amide bonds. The van der Waals surface area contributed by atoms with Crippen LogP contribution in [0.25, 0.3) is 72.0 Å². The summed E-state index contributed by atoms with van der Waals surface area (Å²) in [4.78, 5) is 0. The van der Waals surface area contributed by atoms with Crippen LogP contribution in [0.5, 0.6) is 0 Å². The van der Waals surface area contributed by atoms with Crippen LogP contribution in [0.1, 0.15) is 25.0 Å². The first-order valence-electron chi connectivity index (χ1n) is 14.0. The van der Waals surface area contributed by atoms with Gasteiger partial charge in [0.25, 0.3) is 0 Å². The fourth-order valence-electron chi connectivity index (χ4n) is 6.83. The lowest BCUT2D eigenvalue weighted by molar-refractivity contribution is 0.660. The molecule has 0 bridgehead atoms. The van der Waals surface area contributed by atoms with E-state index in [0.717, 1.165) is 49.9 Å². The third-order valence-corrected chi connectivity index (χ3v) is 8.95. The van der Waals surface area contributed by atoms with Gasteiger partial charge in [-0.25, -0.2) is 0 Å². The van der Waals surface area contributed by atoms with Gasteiger partial charge in [-0.1, -0.05) is 98.8 Å². The lowest BCUT2D eigenvalue weighted by Crippen LogP contribution is -2.15. The average molecular weight is 528 g/mol. The zero-order valence-electron chi connectivity index (χ0n) is 22.7. The number of nitrogens with zero attached hydrogens (tertiary/aromatic N) is 3. The highest BCUT2D eigenvalue weighted by Gasteiger charge is 2.36. The van der Waals surface area contributed by atoms with E-state index in [4.69, 9.17) is 4.42 Å². The highest BCUT2D eigenvalue weighted by atomic mass is 16.3. The average Bonchev–Trinajstić information content (AvgIpc) is 3.68. The van der Waals surface area contributed by atoms with Crippen molar-refractivity contribution in [2.24, 2.45) is 0 Å². The summed E-state index contributed by atoms with van der Waals surface area (Å²) in [7, 11) is 0. The molecule has 5 aromatic carbocycles. The molecule has 0 fully saturated rings. The molecule has 4 nitrogen and oxygen atoms in total. The van der Waals surface area contributed by atoms with Crippen molar-refractivity contribution in [2.75, 3.05) is 0 Å². The molecule has 9 rings (SSSR count). The van der Waals surface area contributed by atoms with Crippen molar-refractivity contribution in [1.82, 2.24) is 14.6 Å². The maximum absolute atomic E-state index is 6.37. The number of hydrogen-bond donors (Lipinski definition) is 0. The maximum atomic E-state index is 6.37. The normalized spacial score (nSPS) is 13.8. The van der Waals surface area contributed by atoms with E-state index < -0.39 is 0 Å². The zero-order valence-corrected chi connectivity index (χ0v) is 22.7. The van der Waals surface area contributed by atoms with Gasteiger partial charge in [-0.2, -0.15) is 0 Å². The smallest absolute Gasteiger partial charge is 0.168 e. The zero-order chi connectivity index (χ0) is 27.3. The van der Waals surface area contributed by atoms with E-state index in [1.165, 1.54) is 33.2 Å². The molecule has 0 aliphatic heterocycles. The molecule has 1 aliphatic rings. The summed E-state index contributed by atoms with van der Waals surface area (Å²) >= 11 is 0. The quantitative estimate of drug-likeness (QED) is 0.225. The first kappa shape index (κ1) is 22.6. The van der Waals surface area contributed by atoms with Crippen LogP contribution in [0, 0.1) is 0 Å². The van der Waals surface area contributed by atoms with Gasteiger partial charge in [-0.3, -0.25) is 4.40 Å². The van der Waals surface area contributed by atoms with E-state index in [-0.39, 0.29) is 5.41 Å². The highest BCUT2D eigenvalue weighted by molar-refractivity contribution is 6.09. The minimum absolute atomic E-state index is 0.175. The molecule has 41 heavy (non-hydrogen) atoms. The third-order valence-electron chi connectivity index (χ3n) is 8.95. The molecule has 0 spiro atoms. The van der Waals surface area contributed by atoms with Crippen LogP contribution in [0.15, 0.2) is 120 Å². The lowest BCUT2D eigenvalue weighted by atomic mass is 9.81. The first-order chi connectivity index (χ1) is 20.1. The maximum Gasteiger partial charge on any atom is 0.168 e. The molecule has 8 aromatic rings. The van der Waals surface area contributed by atoms with Crippen LogP contribution >= 0.6 is 0 Å². The molecule has 194 valence electrons. The summed E-state index contributed by atoms with van der Waals surface area (Å²) in [5.74, 6) is 0.859. The van der Waals surface area contributed by atoms with Crippen LogP contribution in [0.2, 0.25) is 0 Å². The standard InChI is InChI=1S/C37H25N3O/c1-37(2)31-20-23(25-11-7-12-30-29-10-5-6-13-33(29)41-34(25)30)14-16-27(31)28-17-15-24(21-32(28)37)35-38-39-36-26-9-4-3-8-22(26)18-19-40(35)36/h3-21H,1-2H3. The van der Waals surface area contributed by atoms with E-state index in [9.17, 15) is 0 Å². The second-order valence-corrected chi connectivity index (χ2v) is 11.5. The Morgan fingerprint density at radius 3 is 2.17 bits per heavy atom. The predicted octanol–water partition coefficient (Wildman–Crippen LogP) is 9.42. The van der Waals surface area contributed by atoms with Gasteiger partial charge >= 0.3 is 0 Å². The van der Waals surface area contributed by atoms with Gasteiger partial charge in [0, 0.05) is 38.9 Å². The fraction of sp³-hybridized carbons (Fsp3) is 0.0811. The van der Waals surface area contributed by atoms with Crippen molar-refractivity contribution in [3.05, 3.63) is 127 Å². The first-order valence-corrected chi connectivity index (χ1v) is 14.0. The lowest BCUT2D eigenvalue weighted by Gasteiger charge is -2.22. The second-order valence-electron chi connectivity index (χ2n) is 11.5. The van der Waals surface area contributed by atoms with Crippen LogP contribution in [0.4, 0.5) is 0 Å². The van der Waals surface area contributed by atoms with E-state index in [2.05, 4.69) is 132 Å². The number of furan rings is 1. The van der Waals surface area contributed by atoms with E-state index in [1.807, 2.05) is 12.1 Å². The molecular weight excluding hydrogens is 502 g/mol. The van der Waals surface area contributed by atoms with Gasteiger partial charge in [-0.05, 0) is 57.5 Å². The highest BCUT2D eigenvalue weighted by Crippen LogP contribution is 2.51. The Morgan fingerprint density at radius 2 is 1.32 bits per heavy atom. The number of benzene rings is 5. The summed E-state index contributed by atoms with van der Waals surface area (Å²) in [6.07, 6.45) is 2.07. The van der Waals surface area contributed by atoms with Crippen LogP contribution in [0.3, 0.4) is 0 Å². The van der Waals surface area contributed by atoms with Gasteiger partial charge in [0.05, 0.1) is 0 Å². The van der Waals surface area contributed by atoms with Crippen molar-refractivity contribution in [3.63, 3.8) is 0 Å². The summed E-state index contributed by atoms with van der Waals surface area (Å²) in [6, 6.07) is 38.8.